The Hall–Kier alpha value is -2.55. The molecule has 0 saturated carbocycles. The molecule has 0 radical (unpaired) electrons. The molecule has 3 nitrogen and oxygen atoms in total. The molecule has 3 rings (SSSR count). The van der Waals surface area contributed by atoms with Crippen LogP contribution >= 0.6 is 0 Å². The Balaban J connectivity index is 1.99. The standard InChI is InChI=1S/C19H19O3/c1-4-22-19-17(13-5-9-15(20-2)10-6-13)18(19)14-7-11-16(21-3)12-8-14/h5-12H,4H2,1-3H3/q+1. The van der Waals surface area contributed by atoms with Crippen LogP contribution in [0.3, 0.4) is 0 Å². The van der Waals surface area contributed by atoms with Gasteiger partial charge in [-0.25, -0.2) is 0 Å². The highest BCUT2D eigenvalue weighted by atomic mass is 16.5. The van der Waals surface area contributed by atoms with E-state index in [2.05, 4.69) is 24.3 Å². The quantitative estimate of drug-likeness (QED) is 0.670. The highest BCUT2D eigenvalue weighted by Crippen LogP contribution is 2.36. The Labute approximate surface area is 130 Å². The van der Waals surface area contributed by atoms with E-state index in [0.717, 1.165) is 28.1 Å². The van der Waals surface area contributed by atoms with Crippen LogP contribution in [0.4, 0.5) is 0 Å². The Morgan fingerprint density at radius 3 is 1.45 bits per heavy atom. The molecule has 3 aromatic carbocycles. The van der Waals surface area contributed by atoms with Crippen LogP contribution in [0.25, 0.3) is 22.3 Å². The predicted octanol–water partition coefficient (Wildman–Crippen LogP) is 3.83. The maximum Gasteiger partial charge on any atom is 0.360 e. The van der Waals surface area contributed by atoms with Gasteiger partial charge in [-0.05, 0) is 35.4 Å². The van der Waals surface area contributed by atoms with Crippen molar-refractivity contribution in [3.05, 3.63) is 58.4 Å². The molecule has 112 valence electrons. The second-order valence-electron chi connectivity index (χ2n) is 4.97. The minimum absolute atomic E-state index is 0.661. The van der Waals surface area contributed by atoms with E-state index in [0.29, 0.717) is 6.61 Å². The summed E-state index contributed by atoms with van der Waals surface area (Å²) in [5.74, 6) is 1.71. The maximum absolute atomic E-state index is 5.78. The summed E-state index contributed by atoms with van der Waals surface area (Å²) in [7, 11) is 3.35. The molecular weight excluding hydrogens is 276 g/mol. The highest BCUT2D eigenvalue weighted by Gasteiger charge is 2.32. The first-order valence-electron chi connectivity index (χ1n) is 7.32. The summed E-state index contributed by atoms with van der Waals surface area (Å²) in [6.07, 6.45) is 0. The second-order valence-corrected chi connectivity index (χ2v) is 4.97. The van der Waals surface area contributed by atoms with E-state index in [-0.39, 0.29) is 0 Å². The summed E-state index contributed by atoms with van der Waals surface area (Å²) in [6, 6.07) is 16.1. The van der Waals surface area contributed by atoms with Gasteiger partial charge in [-0.1, -0.05) is 24.3 Å². The fraction of sp³-hybridized carbons (Fsp3) is 0.211. The van der Waals surface area contributed by atoms with Gasteiger partial charge >= 0.3 is 5.43 Å². The van der Waals surface area contributed by atoms with Crippen molar-refractivity contribution in [2.24, 2.45) is 0 Å². The molecular formula is C19H19O3+. The van der Waals surface area contributed by atoms with E-state index < -0.39 is 0 Å². The lowest BCUT2D eigenvalue weighted by molar-refractivity contribution is 0.415. The van der Waals surface area contributed by atoms with Crippen LogP contribution in [0.15, 0.2) is 53.0 Å². The van der Waals surface area contributed by atoms with Crippen LogP contribution in [-0.4, -0.2) is 20.8 Å². The summed E-state index contributed by atoms with van der Waals surface area (Å²) >= 11 is 0. The molecule has 0 bridgehead atoms. The minimum Gasteiger partial charge on any atom is -0.497 e. The zero-order chi connectivity index (χ0) is 15.5. The number of benzene rings is 2. The number of ether oxygens (including phenoxy) is 2. The number of hydrogen-bond acceptors (Lipinski definition) is 2. The molecule has 0 aliphatic rings. The summed E-state index contributed by atoms with van der Waals surface area (Å²) in [5, 5.41) is 0. The number of rotatable bonds is 5. The van der Waals surface area contributed by atoms with Crippen molar-refractivity contribution in [2.75, 3.05) is 20.8 Å². The summed E-state index contributed by atoms with van der Waals surface area (Å²) in [6.45, 7) is 2.66. The Morgan fingerprint density at radius 1 is 0.727 bits per heavy atom. The average molecular weight is 295 g/mol. The van der Waals surface area contributed by atoms with Gasteiger partial charge in [0.2, 0.25) is 0 Å². The second kappa shape index (κ2) is 6.06. The molecule has 0 saturated heterocycles. The van der Waals surface area contributed by atoms with Gasteiger partial charge in [0.15, 0.2) is 0 Å². The molecule has 0 atom stereocenters. The van der Waals surface area contributed by atoms with Crippen LogP contribution in [0.1, 0.15) is 6.92 Å². The van der Waals surface area contributed by atoms with E-state index >= 15 is 0 Å². The molecule has 0 unspecified atom stereocenters. The Kier molecular flexibility index (Phi) is 3.96. The fourth-order valence-corrected chi connectivity index (χ4v) is 2.53. The molecule has 3 aromatic rings. The zero-order valence-corrected chi connectivity index (χ0v) is 13.1. The van der Waals surface area contributed by atoms with Gasteiger partial charge < -0.3 is 9.47 Å². The largest absolute Gasteiger partial charge is 0.497 e. The molecule has 0 amide bonds. The molecule has 0 fully saturated rings. The van der Waals surface area contributed by atoms with Crippen molar-refractivity contribution >= 4 is 0 Å². The topological polar surface area (TPSA) is 29.8 Å². The smallest absolute Gasteiger partial charge is 0.360 e. The first-order valence-corrected chi connectivity index (χ1v) is 7.32. The zero-order valence-electron chi connectivity index (χ0n) is 13.1. The molecule has 0 heterocycles. The van der Waals surface area contributed by atoms with Gasteiger partial charge in [-0.3, -0.25) is 4.42 Å². The van der Waals surface area contributed by atoms with Crippen LogP contribution in [0.5, 0.6) is 11.5 Å². The number of methoxy groups -OCH3 is 2. The van der Waals surface area contributed by atoms with Crippen molar-refractivity contribution in [1.82, 2.24) is 0 Å². The van der Waals surface area contributed by atoms with Crippen molar-refractivity contribution in [1.29, 1.82) is 0 Å². The van der Waals surface area contributed by atoms with Crippen molar-refractivity contribution in [3.8, 4) is 33.8 Å². The van der Waals surface area contributed by atoms with Crippen LogP contribution in [0.2, 0.25) is 0 Å². The third-order valence-electron chi connectivity index (χ3n) is 3.69. The Bertz CT molecular complexity index is 710. The first-order chi connectivity index (χ1) is 10.8. The van der Waals surface area contributed by atoms with Gasteiger partial charge in [-0.15, -0.1) is 0 Å². The fourth-order valence-electron chi connectivity index (χ4n) is 2.53. The van der Waals surface area contributed by atoms with Crippen molar-refractivity contribution < 1.29 is 9.47 Å². The minimum atomic E-state index is 0.661. The van der Waals surface area contributed by atoms with Gasteiger partial charge in [0.05, 0.1) is 14.2 Å². The maximum atomic E-state index is 5.78. The lowest BCUT2D eigenvalue weighted by atomic mass is 10.1. The molecule has 0 aromatic heterocycles. The summed E-state index contributed by atoms with van der Waals surface area (Å²) in [5.41, 5.74) is 5.63. The lowest BCUT2D eigenvalue weighted by Crippen LogP contribution is -1.87. The first kappa shape index (κ1) is 14.4. The molecule has 0 spiro atoms. The molecule has 3 heteroatoms. The summed E-state index contributed by atoms with van der Waals surface area (Å²) < 4.78 is 16.2. The van der Waals surface area contributed by atoms with Crippen LogP contribution in [-0.2, 0) is 0 Å². The van der Waals surface area contributed by atoms with Gasteiger partial charge in [-0.2, -0.15) is 0 Å². The van der Waals surface area contributed by atoms with Crippen molar-refractivity contribution in [2.45, 2.75) is 6.92 Å². The van der Waals surface area contributed by atoms with Crippen LogP contribution < -0.4 is 14.9 Å². The average Bonchev–Trinajstić information content (AvgIpc) is 3.29. The SMILES string of the molecule is CC[O+]=c1c(-c2ccc(OC)cc2)c1-c1ccc(OC)cc1. The lowest BCUT2D eigenvalue weighted by Gasteiger charge is -1.99. The van der Waals surface area contributed by atoms with Gasteiger partial charge in [0.1, 0.15) is 22.6 Å². The molecule has 0 N–H and O–H groups in total. The van der Waals surface area contributed by atoms with E-state index in [4.69, 9.17) is 13.9 Å². The van der Waals surface area contributed by atoms with Gasteiger partial charge in [0, 0.05) is 6.92 Å². The molecule has 0 aliphatic heterocycles. The van der Waals surface area contributed by atoms with Gasteiger partial charge in [0.25, 0.3) is 6.61 Å². The third-order valence-corrected chi connectivity index (χ3v) is 3.69. The predicted molar refractivity (Wildman–Crippen MR) is 89.6 cm³/mol. The number of hydrogen-bond donors (Lipinski definition) is 0. The highest BCUT2D eigenvalue weighted by molar-refractivity contribution is 5.94. The third kappa shape index (κ3) is 2.62. The van der Waals surface area contributed by atoms with E-state index in [1.165, 1.54) is 11.1 Å². The van der Waals surface area contributed by atoms with E-state index in [1.807, 2.05) is 31.2 Å². The Morgan fingerprint density at radius 2 is 1.14 bits per heavy atom. The van der Waals surface area contributed by atoms with E-state index in [1.54, 1.807) is 14.2 Å². The van der Waals surface area contributed by atoms with Crippen molar-refractivity contribution in [3.63, 3.8) is 0 Å². The normalized spacial score (nSPS) is 10.7. The molecule has 0 aliphatic carbocycles. The monoisotopic (exact) mass is 295 g/mol. The van der Waals surface area contributed by atoms with Crippen LogP contribution in [0, 0.1) is 0 Å². The van der Waals surface area contributed by atoms with E-state index in [9.17, 15) is 0 Å². The molecule has 22 heavy (non-hydrogen) atoms. The summed E-state index contributed by atoms with van der Waals surface area (Å²) in [4.78, 5) is 0.